The fourth-order valence-electron chi connectivity index (χ4n) is 3.08. The van der Waals surface area contributed by atoms with Crippen LogP contribution >= 0.6 is 0 Å². The smallest absolute Gasteiger partial charge is 0.224 e. The van der Waals surface area contributed by atoms with Crippen molar-refractivity contribution in [3.05, 3.63) is 46.9 Å². The molecule has 0 bridgehead atoms. The third-order valence-electron chi connectivity index (χ3n) is 4.38. The van der Waals surface area contributed by atoms with Gasteiger partial charge in [0, 0.05) is 35.9 Å². The van der Waals surface area contributed by atoms with Crippen molar-refractivity contribution < 1.29 is 4.79 Å². The van der Waals surface area contributed by atoms with E-state index >= 15 is 0 Å². The molecule has 0 spiro atoms. The molecule has 0 unspecified atom stereocenters. The van der Waals surface area contributed by atoms with Crippen molar-refractivity contribution in [1.82, 2.24) is 25.3 Å². The van der Waals surface area contributed by atoms with E-state index in [1.807, 2.05) is 13.1 Å². The van der Waals surface area contributed by atoms with Gasteiger partial charge in [-0.05, 0) is 43.9 Å². The maximum atomic E-state index is 12.3. The van der Waals surface area contributed by atoms with Crippen molar-refractivity contribution >= 4 is 16.8 Å². The molecule has 126 valence electrons. The first kappa shape index (κ1) is 16.2. The second kappa shape index (κ2) is 6.86. The lowest BCUT2D eigenvalue weighted by molar-refractivity contribution is -0.120. The predicted octanol–water partition coefficient (Wildman–Crippen LogP) is 2.43. The lowest BCUT2D eigenvalue weighted by atomic mass is 10.0. The molecule has 2 heterocycles. The molecular formula is C18H23N5O. The number of aromatic nitrogens is 4. The minimum atomic E-state index is 0.0542. The molecule has 0 aliphatic rings. The van der Waals surface area contributed by atoms with Gasteiger partial charge in [-0.1, -0.05) is 17.3 Å². The number of amides is 1. The number of nitrogens with one attached hydrogen (secondary N) is 2. The Morgan fingerprint density at radius 1 is 1.25 bits per heavy atom. The van der Waals surface area contributed by atoms with E-state index in [2.05, 4.69) is 46.6 Å². The van der Waals surface area contributed by atoms with Crippen molar-refractivity contribution in [1.29, 1.82) is 0 Å². The molecule has 2 N–H and O–H groups in total. The number of nitrogens with zero attached hydrogens (tertiary/aromatic N) is 3. The average Bonchev–Trinajstić information content (AvgIpc) is 3.17. The number of carbonyl (C=O) groups is 1. The highest BCUT2D eigenvalue weighted by molar-refractivity contribution is 5.93. The van der Waals surface area contributed by atoms with Gasteiger partial charge in [0.25, 0.3) is 0 Å². The molecular weight excluding hydrogens is 302 g/mol. The Morgan fingerprint density at radius 3 is 2.79 bits per heavy atom. The van der Waals surface area contributed by atoms with E-state index in [0.717, 1.165) is 29.7 Å². The van der Waals surface area contributed by atoms with Crippen LogP contribution in [0, 0.1) is 20.8 Å². The van der Waals surface area contributed by atoms with E-state index in [9.17, 15) is 4.79 Å². The van der Waals surface area contributed by atoms with Crippen LogP contribution in [0.2, 0.25) is 0 Å². The largest absolute Gasteiger partial charge is 0.358 e. The Labute approximate surface area is 141 Å². The number of rotatable bonds is 6. The van der Waals surface area contributed by atoms with E-state index < -0.39 is 0 Å². The van der Waals surface area contributed by atoms with E-state index in [4.69, 9.17) is 0 Å². The van der Waals surface area contributed by atoms with Crippen molar-refractivity contribution in [2.45, 2.75) is 40.2 Å². The Balaban J connectivity index is 1.63. The number of carbonyl (C=O) groups excluding carboxylic acids is 1. The van der Waals surface area contributed by atoms with E-state index in [1.165, 1.54) is 16.5 Å². The normalized spacial score (nSPS) is 11.1. The predicted molar refractivity (Wildman–Crippen MR) is 93.9 cm³/mol. The molecule has 0 aliphatic heterocycles. The molecule has 3 aromatic rings. The molecule has 1 amide bonds. The average molecular weight is 325 g/mol. The summed E-state index contributed by atoms with van der Waals surface area (Å²) < 4.78 is 1.77. The van der Waals surface area contributed by atoms with Crippen LogP contribution < -0.4 is 5.32 Å². The number of hydrogen-bond donors (Lipinski definition) is 2. The number of H-pyrrole nitrogens is 1. The first-order valence-corrected chi connectivity index (χ1v) is 8.24. The van der Waals surface area contributed by atoms with Gasteiger partial charge in [-0.3, -0.25) is 9.48 Å². The molecule has 6 heteroatoms. The number of fused-ring (bicyclic) bond motifs is 1. The summed E-state index contributed by atoms with van der Waals surface area (Å²) >= 11 is 0. The summed E-state index contributed by atoms with van der Waals surface area (Å²) in [5.41, 5.74) is 5.72. The zero-order chi connectivity index (χ0) is 17.1. The summed E-state index contributed by atoms with van der Waals surface area (Å²) in [4.78, 5) is 15.7. The number of benzene rings is 1. The Hall–Kier alpha value is -2.63. The maximum Gasteiger partial charge on any atom is 0.224 e. The van der Waals surface area contributed by atoms with Gasteiger partial charge in [-0.25, -0.2) is 0 Å². The standard InChI is InChI=1S/C18H23N5O/c1-12-5-6-13(2)18-17(12)15(14(3)21-18)11-16(24)19-7-4-9-23-10-8-20-22-23/h5-6,8,10,21H,4,7,9,11H2,1-3H3,(H,19,24). The minimum absolute atomic E-state index is 0.0542. The van der Waals surface area contributed by atoms with Gasteiger partial charge in [0.15, 0.2) is 0 Å². The van der Waals surface area contributed by atoms with Gasteiger partial charge >= 0.3 is 0 Å². The number of aromatic amines is 1. The SMILES string of the molecule is Cc1[nH]c2c(C)ccc(C)c2c1CC(=O)NCCCn1ccnn1. The molecule has 0 aliphatic carbocycles. The lowest BCUT2D eigenvalue weighted by Gasteiger charge is -2.07. The first-order chi connectivity index (χ1) is 11.6. The summed E-state index contributed by atoms with van der Waals surface area (Å²) in [5, 5.41) is 11.8. The molecule has 0 saturated carbocycles. The van der Waals surface area contributed by atoms with Gasteiger partial charge in [0.05, 0.1) is 12.6 Å². The maximum absolute atomic E-state index is 12.3. The summed E-state index contributed by atoms with van der Waals surface area (Å²) in [6.45, 7) is 7.61. The molecule has 0 radical (unpaired) electrons. The van der Waals surface area contributed by atoms with Crippen LogP contribution in [0.3, 0.4) is 0 Å². The molecule has 0 saturated heterocycles. The zero-order valence-electron chi connectivity index (χ0n) is 14.4. The highest BCUT2D eigenvalue weighted by atomic mass is 16.1. The van der Waals surface area contributed by atoms with Gasteiger partial charge in [-0.15, -0.1) is 5.10 Å². The Kier molecular flexibility index (Phi) is 4.64. The molecule has 3 rings (SSSR count). The number of hydrogen-bond acceptors (Lipinski definition) is 3. The van der Waals surface area contributed by atoms with E-state index in [0.29, 0.717) is 13.0 Å². The fourth-order valence-corrected chi connectivity index (χ4v) is 3.08. The summed E-state index contributed by atoms with van der Waals surface area (Å²) in [7, 11) is 0. The summed E-state index contributed by atoms with van der Waals surface area (Å²) in [5.74, 6) is 0.0542. The van der Waals surface area contributed by atoms with Crippen LogP contribution in [-0.4, -0.2) is 32.4 Å². The number of aryl methyl sites for hydroxylation is 4. The van der Waals surface area contributed by atoms with E-state index in [1.54, 1.807) is 10.9 Å². The molecule has 1 aromatic carbocycles. The van der Waals surface area contributed by atoms with E-state index in [-0.39, 0.29) is 5.91 Å². The monoisotopic (exact) mass is 325 g/mol. The first-order valence-electron chi connectivity index (χ1n) is 8.24. The second-order valence-electron chi connectivity index (χ2n) is 6.22. The molecule has 24 heavy (non-hydrogen) atoms. The quantitative estimate of drug-likeness (QED) is 0.684. The Morgan fingerprint density at radius 2 is 2.04 bits per heavy atom. The third kappa shape index (κ3) is 3.32. The van der Waals surface area contributed by atoms with Gasteiger partial charge in [0.2, 0.25) is 5.91 Å². The zero-order valence-corrected chi connectivity index (χ0v) is 14.4. The summed E-state index contributed by atoms with van der Waals surface area (Å²) in [6, 6.07) is 4.23. The fraction of sp³-hybridized carbons (Fsp3) is 0.389. The van der Waals surface area contributed by atoms with Gasteiger partial charge in [-0.2, -0.15) is 0 Å². The minimum Gasteiger partial charge on any atom is -0.358 e. The highest BCUT2D eigenvalue weighted by Crippen LogP contribution is 2.28. The van der Waals surface area contributed by atoms with Crippen LogP contribution in [0.25, 0.3) is 10.9 Å². The third-order valence-corrected chi connectivity index (χ3v) is 4.38. The van der Waals surface area contributed by atoms with Crippen LogP contribution in [0.5, 0.6) is 0 Å². The molecule has 0 fully saturated rings. The molecule has 6 nitrogen and oxygen atoms in total. The van der Waals surface area contributed by atoms with Crippen molar-refractivity contribution in [3.8, 4) is 0 Å². The highest BCUT2D eigenvalue weighted by Gasteiger charge is 2.15. The Bertz CT molecular complexity index is 848. The van der Waals surface area contributed by atoms with Gasteiger partial charge < -0.3 is 10.3 Å². The van der Waals surface area contributed by atoms with Crippen LogP contribution in [0.4, 0.5) is 0 Å². The summed E-state index contributed by atoms with van der Waals surface area (Å²) in [6.07, 6.45) is 4.71. The van der Waals surface area contributed by atoms with Gasteiger partial charge in [0.1, 0.15) is 0 Å². The van der Waals surface area contributed by atoms with Crippen molar-refractivity contribution in [2.75, 3.05) is 6.54 Å². The lowest BCUT2D eigenvalue weighted by Crippen LogP contribution is -2.27. The van der Waals surface area contributed by atoms with Crippen LogP contribution in [-0.2, 0) is 17.8 Å². The van der Waals surface area contributed by atoms with Crippen molar-refractivity contribution in [3.63, 3.8) is 0 Å². The topological polar surface area (TPSA) is 75.6 Å². The molecule has 0 atom stereocenters. The van der Waals surface area contributed by atoms with Crippen LogP contribution in [0.1, 0.15) is 28.8 Å². The second-order valence-corrected chi connectivity index (χ2v) is 6.22. The van der Waals surface area contributed by atoms with Crippen LogP contribution in [0.15, 0.2) is 24.5 Å². The van der Waals surface area contributed by atoms with Crippen molar-refractivity contribution in [2.24, 2.45) is 0 Å². The molecule has 2 aromatic heterocycles.